The standard InChI is InChI=1S/C21H19NOS/c23-21(20-14-19(20)16-8-3-1-4-9-16)22(15-18-12-7-13-24-18)17-10-5-2-6-11-17/h1-13,19-20H,14-15H2. The number of thiophene rings is 1. The molecule has 120 valence electrons. The first kappa shape index (κ1) is 15.2. The van der Waals surface area contributed by atoms with E-state index in [1.54, 1.807) is 11.3 Å². The zero-order valence-electron chi connectivity index (χ0n) is 13.3. The number of anilines is 1. The van der Waals surface area contributed by atoms with Crippen LogP contribution in [0.3, 0.4) is 0 Å². The van der Waals surface area contributed by atoms with Crippen LogP contribution in [0.5, 0.6) is 0 Å². The third-order valence-corrected chi connectivity index (χ3v) is 5.42. The molecule has 0 bridgehead atoms. The fraction of sp³-hybridized carbons (Fsp3) is 0.190. The summed E-state index contributed by atoms with van der Waals surface area (Å²) in [6.45, 7) is 0.651. The molecule has 3 heteroatoms. The van der Waals surface area contributed by atoms with Gasteiger partial charge in [-0.15, -0.1) is 11.3 Å². The Morgan fingerprint density at radius 3 is 2.33 bits per heavy atom. The molecule has 0 aliphatic heterocycles. The lowest BCUT2D eigenvalue weighted by Gasteiger charge is -2.22. The molecule has 1 heterocycles. The van der Waals surface area contributed by atoms with E-state index in [4.69, 9.17) is 0 Å². The van der Waals surface area contributed by atoms with Crippen LogP contribution in [0.25, 0.3) is 0 Å². The molecule has 3 aromatic rings. The lowest BCUT2D eigenvalue weighted by Crippen LogP contribution is -2.31. The Bertz CT molecular complexity index is 798. The first-order valence-corrected chi connectivity index (χ1v) is 9.14. The van der Waals surface area contributed by atoms with Gasteiger partial charge >= 0.3 is 0 Å². The summed E-state index contributed by atoms with van der Waals surface area (Å²) >= 11 is 1.70. The average Bonchev–Trinajstić information content (AvgIpc) is 3.28. The molecule has 0 N–H and O–H groups in total. The Morgan fingerprint density at radius 2 is 1.67 bits per heavy atom. The van der Waals surface area contributed by atoms with Gasteiger partial charge < -0.3 is 4.90 Å². The number of amides is 1. The fourth-order valence-corrected chi connectivity index (χ4v) is 3.89. The smallest absolute Gasteiger partial charge is 0.231 e. The van der Waals surface area contributed by atoms with Gasteiger partial charge in [-0.1, -0.05) is 54.6 Å². The molecule has 2 atom stereocenters. The predicted octanol–water partition coefficient (Wildman–Crippen LogP) is 5.09. The Morgan fingerprint density at radius 1 is 0.958 bits per heavy atom. The van der Waals surface area contributed by atoms with E-state index in [1.807, 2.05) is 47.4 Å². The van der Waals surface area contributed by atoms with E-state index in [-0.39, 0.29) is 11.8 Å². The Kier molecular flexibility index (Phi) is 4.18. The zero-order valence-corrected chi connectivity index (χ0v) is 14.2. The van der Waals surface area contributed by atoms with Crippen LogP contribution in [-0.4, -0.2) is 5.91 Å². The van der Waals surface area contributed by atoms with Crippen molar-refractivity contribution in [2.75, 3.05) is 4.90 Å². The maximum Gasteiger partial charge on any atom is 0.231 e. The summed E-state index contributed by atoms with van der Waals surface area (Å²) in [6.07, 6.45) is 0.955. The molecule has 1 fully saturated rings. The number of benzene rings is 2. The quantitative estimate of drug-likeness (QED) is 0.637. The Hall–Kier alpha value is -2.39. The van der Waals surface area contributed by atoms with Crippen molar-refractivity contribution in [1.29, 1.82) is 0 Å². The molecule has 0 spiro atoms. The highest BCUT2D eigenvalue weighted by Crippen LogP contribution is 2.49. The van der Waals surface area contributed by atoms with Gasteiger partial charge in [-0.25, -0.2) is 0 Å². The number of carbonyl (C=O) groups is 1. The number of hydrogen-bond acceptors (Lipinski definition) is 2. The van der Waals surface area contributed by atoms with Crippen LogP contribution in [0.4, 0.5) is 5.69 Å². The first-order valence-electron chi connectivity index (χ1n) is 8.26. The van der Waals surface area contributed by atoms with Gasteiger partial charge in [0.2, 0.25) is 5.91 Å². The summed E-state index contributed by atoms with van der Waals surface area (Å²) < 4.78 is 0. The molecule has 1 saturated carbocycles. The largest absolute Gasteiger partial charge is 0.307 e. The van der Waals surface area contributed by atoms with Crippen molar-refractivity contribution in [3.05, 3.63) is 88.6 Å². The van der Waals surface area contributed by atoms with E-state index < -0.39 is 0 Å². The van der Waals surface area contributed by atoms with Crippen LogP contribution < -0.4 is 4.90 Å². The molecule has 1 aliphatic rings. The van der Waals surface area contributed by atoms with Crippen molar-refractivity contribution in [2.24, 2.45) is 5.92 Å². The lowest BCUT2D eigenvalue weighted by molar-refractivity contribution is -0.120. The summed E-state index contributed by atoms with van der Waals surface area (Å²) in [4.78, 5) is 16.3. The molecular weight excluding hydrogens is 314 g/mol. The molecule has 24 heavy (non-hydrogen) atoms. The molecule has 1 aromatic heterocycles. The molecule has 0 saturated heterocycles. The van der Waals surface area contributed by atoms with Crippen molar-refractivity contribution in [3.63, 3.8) is 0 Å². The maximum absolute atomic E-state index is 13.1. The molecule has 1 aliphatic carbocycles. The molecule has 4 rings (SSSR count). The minimum atomic E-state index is 0.104. The fourth-order valence-electron chi connectivity index (χ4n) is 3.20. The van der Waals surface area contributed by atoms with Crippen LogP contribution in [0.15, 0.2) is 78.2 Å². The van der Waals surface area contributed by atoms with Gasteiger partial charge in [-0.05, 0) is 41.5 Å². The third-order valence-electron chi connectivity index (χ3n) is 4.56. The Balaban J connectivity index is 1.56. The van der Waals surface area contributed by atoms with Crippen molar-refractivity contribution in [1.82, 2.24) is 0 Å². The Labute approximate surface area is 146 Å². The number of carbonyl (C=O) groups excluding carboxylic acids is 1. The van der Waals surface area contributed by atoms with Crippen molar-refractivity contribution in [3.8, 4) is 0 Å². The van der Waals surface area contributed by atoms with Crippen LogP contribution in [0.2, 0.25) is 0 Å². The minimum Gasteiger partial charge on any atom is -0.307 e. The van der Waals surface area contributed by atoms with E-state index in [0.717, 1.165) is 12.1 Å². The second-order valence-electron chi connectivity index (χ2n) is 6.20. The molecular formula is C21H19NOS. The minimum absolute atomic E-state index is 0.104. The van der Waals surface area contributed by atoms with E-state index in [2.05, 4.69) is 35.7 Å². The summed E-state index contributed by atoms with van der Waals surface area (Å²) in [5.41, 5.74) is 2.26. The van der Waals surface area contributed by atoms with Crippen LogP contribution in [0.1, 0.15) is 22.8 Å². The summed E-state index contributed by atoms with van der Waals surface area (Å²) in [7, 11) is 0. The normalized spacial score (nSPS) is 19.0. The lowest BCUT2D eigenvalue weighted by atomic mass is 10.1. The molecule has 2 aromatic carbocycles. The number of rotatable bonds is 5. The van der Waals surface area contributed by atoms with Crippen molar-refractivity contribution in [2.45, 2.75) is 18.9 Å². The van der Waals surface area contributed by atoms with E-state index in [0.29, 0.717) is 12.5 Å². The van der Waals surface area contributed by atoms with Crippen LogP contribution in [0, 0.1) is 5.92 Å². The van der Waals surface area contributed by atoms with Gasteiger partial charge in [0, 0.05) is 16.5 Å². The van der Waals surface area contributed by atoms with Gasteiger partial charge in [0.1, 0.15) is 0 Å². The highest BCUT2D eigenvalue weighted by Gasteiger charge is 2.45. The van der Waals surface area contributed by atoms with Gasteiger partial charge in [0.25, 0.3) is 0 Å². The summed E-state index contributed by atoms with van der Waals surface area (Å²) in [6, 6.07) is 24.5. The van der Waals surface area contributed by atoms with Gasteiger partial charge in [0.05, 0.1) is 6.54 Å². The predicted molar refractivity (Wildman–Crippen MR) is 99.2 cm³/mol. The highest BCUT2D eigenvalue weighted by molar-refractivity contribution is 7.09. The van der Waals surface area contributed by atoms with Gasteiger partial charge in [-0.2, -0.15) is 0 Å². The zero-order chi connectivity index (χ0) is 16.4. The van der Waals surface area contributed by atoms with E-state index >= 15 is 0 Å². The number of hydrogen-bond donors (Lipinski definition) is 0. The summed E-state index contributed by atoms with van der Waals surface area (Å²) in [5.74, 6) is 0.712. The summed E-state index contributed by atoms with van der Waals surface area (Å²) in [5, 5.41) is 2.06. The average molecular weight is 333 g/mol. The van der Waals surface area contributed by atoms with E-state index in [1.165, 1.54) is 10.4 Å². The molecule has 1 amide bonds. The SMILES string of the molecule is O=C(C1CC1c1ccccc1)N(Cc1cccs1)c1ccccc1. The van der Waals surface area contributed by atoms with Gasteiger partial charge in [-0.3, -0.25) is 4.79 Å². The third kappa shape index (κ3) is 3.13. The molecule has 2 unspecified atom stereocenters. The van der Waals surface area contributed by atoms with E-state index in [9.17, 15) is 4.79 Å². The first-order chi connectivity index (χ1) is 11.8. The topological polar surface area (TPSA) is 20.3 Å². The second-order valence-corrected chi connectivity index (χ2v) is 7.23. The van der Waals surface area contributed by atoms with Crippen LogP contribution in [-0.2, 0) is 11.3 Å². The van der Waals surface area contributed by atoms with Crippen molar-refractivity contribution >= 4 is 22.9 Å². The van der Waals surface area contributed by atoms with Crippen LogP contribution >= 0.6 is 11.3 Å². The van der Waals surface area contributed by atoms with Crippen molar-refractivity contribution < 1.29 is 4.79 Å². The number of nitrogens with zero attached hydrogens (tertiary/aromatic N) is 1. The van der Waals surface area contributed by atoms with Gasteiger partial charge in [0.15, 0.2) is 0 Å². The second kappa shape index (κ2) is 6.62. The molecule has 0 radical (unpaired) electrons. The molecule has 2 nitrogen and oxygen atoms in total. The monoisotopic (exact) mass is 333 g/mol. The number of para-hydroxylation sites is 1. The maximum atomic E-state index is 13.1. The highest BCUT2D eigenvalue weighted by atomic mass is 32.1.